The molecule has 11 heavy (non-hydrogen) atoms. The third-order valence-electron chi connectivity index (χ3n) is 0.809. The molecular weight excluding hydrogens is 158 g/mol. The van der Waals surface area contributed by atoms with Crippen LogP contribution in [0.4, 0.5) is 8.78 Å². The molecule has 0 aliphatic rings. The lowest BCUT2D eigenvalue weighted by molar-refractivity contribution is -0.162. The minimum Gasteiger partial charge on any atom is -0.457 e. The van der Waals surface area contributed by atoms with Gasteiger partial charge < -0.3 is 9.84 Å². The highest BCUT2D eigenvalue weighted by atomic mass is 19.3. The zero-order valence-electron chi connectivity index (χ0n) is 6.30. The first-order valence-electron chi connectivity index (χ1n) is 3.05. The Hall–Kier alpha value is -0.710. The van der Waals surface area contributed by atoms with Crippen LogP contribution in [0.25, 0.3) is 0 Å². The molecule has 66 valence electrons. The van der Waals surface area contributed by atoms with E-state index < -0.39 is 24.6 Å². The number of rotatable bonds is 3. The van der Waals surface area contributed by atoms with Crippen LogP contribution in [0.5, 0.6) is 0 Å². The molecule has 0 bridgehead atoms. The smallest absolute Gasteiger partial charge is 0.334 e. The van der Waals surface area contributed by atoms with Gasteiger partial charge in [0.1, 0.15) is 6.10 Å². The van der Waals surface area contributed by atoms with E-state index >= 15 is 0 Å². The fraction of sp³-hybridized carbons (Fsp3) is 0.833. The number of carbonyl (C=O) groups excluding carboxylic acids is 1. The summed E-state index contributed by atoms with van der Waals surface area (Å²) in [6, 6.07) is 0. The lowest BCUT2D eigenvalue weighted by atomic mass is 10.4. The molecule has 0 aromatic heterocycles. The van der Waals surface area contributed by atoms with Crippen LogP contribution in [-0.4, -0.2) is 29.7 Å². The number of hydrogen-bond acceptors (Lipinski definition) is 3. The first kappa shape index (κ1) is 10.3. The molecule has 0 aromatic carbocycles. The van der Waals surface area contributed by atoms with E-state index in [1.807, 2.05) is 0 Å². The van der Waals surface area contributed by atoms with Crippen LogP contribution in [0.15, 0.2) is 0 Å². The maximum Gasteiger partial charge on any atom is 0.334 e. The van der Waals surface area contributed by atoms with Gasteiger partial charge in [-0.25, -0.2) is 13.6 Å². The predicted octanol–water partition coefficient (Wildman–Crippen LogP) is 0.566. The van der Waals surface area contributed by atoms with Gasteiger partial charge in [-0.1, -0.05) is 0 Å². The van der Waals surface area contributed by atoms with Crippen LogP contribution in [0.1, 0.15) is 13.8 Å². The maximum absolute atomic E-state index is 12.0. The van der Waals surface area contributed by atoms with E-state index in [9.17, 15) is 13.6 Å². The lowest BCUT2D eigenvalue weighted by Crippen LogP contribution is -2.26. The number of hydrogen-bond donors (Lipinski definition) is 1. The first-order chi connectivity index (χ1) is 4.83. The van der Waals surface area contributed by atoms with Crippen LogP contribution in [0.3, 0.4) is 0 Å². The Morgan fingerprint density at radius 1 is 1.73 bits per heavy atom. The van der Waals surface area contributed by atoms with Gasteiger partial charge in [0.15, 0.2) is 6.61 Å². The summed E-state index contributed by atoms with van der Waals surface area (Å²) in [5, 5.41) is 8.50. The Kier molecular flexibility index (Phi) is 3.38. The summed E-state index contributed by atoms with van der Waals surface area (Å²) in [4.78, 5) is 10.4. The van der Waals surface area contributed by atoms with Crippen LogP contribution >= 0.6 is 0 Å². The van der Waals surface area contributed by atoms with Gasteiger partial charge >= 0.3 is 5.97 Å². The molecule has 1 N–H and O–H groups in total. The summed E-state index contributed by atoms with van der Waals surface area (Å²) >= 11 is 0. The molecule has 1 atom stereocenters. The topological polar surface area (TPSA) is 46.5 Å². The van der Waals surface area contributed by atoms with Crippen molar-refractivity contribution < 1.29 is 23.4 Å². The molecule has 0 radical (unpaired) electrons. The van der Waals surface area contributed by atoms with Crippen molar-refractivity contribution in [2.75, 3.05) is 6.61 Å². The molecule has 0 amide bonds. The molecule has 0 saturated heterocycles. The summed E-state index contributed by atoms with van der Waals surface area (Å²) in [6.45, 7) is 0.787. The second kappa shape index (κ2) is 3.61. The monoisotopic (exact) mass is 168 g/mol. The summed E-state index contributed by atoms with van der Waals surface area (Å²) < 4.78 is 28.0. The molecule has 0 heterocycles. The van der Waals surface area contributed by atoms with E-state index in [1.165, 1.54) is 0 Å². The van der Waals surface area contributed by atoms with Gasteiger partial charge in [-0.15, -0.1) is 0 Å². The summed E-state index contributed by atoms with van der Waals surface area (Å²) in [6.07, 6.45) is -1.35. The van der Waals surface area contributed by atoms with Gasteiger partial charge in [0, 0.05) is 6.92 Å². The SMILES string of the molecule is CC(O)C(=O)OCC(C)(F)F. The fourth-order valence-electron chi connectivity index (χ4n) is 0.318. The highest BCUT2D eigenvalue weighted by Crippen LogP contribution is 2.11. The minimum atomic E-state index is -3.04. The summed E-state index contributed by atoms with van der Waals surface area (Å²) in [5.41, 5.74) is 0. The zero-order chi connectivity index (χ0) is 9.07. The first-order valence-corrected chi connectivity index (χ1v) is 3.05. The van der Waals surface area contributed by atoms with Crippen LogP contribution in [-0.2, 0) is 9.53 Å². The van der Waals surface area contributed by atoms with Crippen molar-refractivity contribution in [2.24, 2.45) is 0 Å². The third kappa shape index (κ3) is 5.72. The van der Waals surface area contributed by atoms with Gasteiger partial charge in [0.05, 0.1) is 0 Å². The van der Waals surface area contributed by atoms with Crippen molar-refractivity contribution >= 4 is 5.97 Å². The quantitative estimate of drug-likeness (QED) is 0.626. The number of ether oxygens (including phenoxy) is 1. The number of esters is 1. The van der Waals surface area contributed by atoms with Crippen molar-refractivity contribution in [3.63, 3.8) is 0 Å². The Balaban J connectivity index is 3.64. The number of aliphatic hydroxyl groups is 1. The van der Waals surface area contributed by atoms with Gasteiger partial charge in [0.25, 0.3) is 5.92 Å². The maximum atomic E-state index is 12.0. The van der Waals surface area contributed by atoms with Crippen molar-refractivity contribution in [1.29, 1.82) is 0 Å². The molecule has 1 unspecified atom stereocenters. The zero-order valence-corrected chi connectivity index (χ0v) is 6.30. The Morgan fingerprint density at radius 3 is 2.45 bits per heavy atom. The Labute approximate surface area is 63.0 Å². The summed E-state index contributed by atoms with van der Waals surface area (Å²) in [5.74, 6) is -4.07. The van der Waals surface area contributed by atoms with Crippen molar-refractivity contribution in [2.45, 2.75) is 25.9 Å². The van der Waals surface area contributed by atoms with Crippen LogP contribution < -0.4 is 0 Å². The minimum absolute atomic E-state index is 0.627. The second-order valence-corrected chi connectivity index (χ2v) is 2.35. The van der Waals surface area contributed by atoms with Crippen molar-refractivity contribution in [3.05, 3.63) is 0 Å². The van der Waals surface area contributed by atoms with Crippen LogP contribution in [0, 0.1) is 0 Å². The number of carbonyl (C=O) groups is 1. The summed E-state index contributed by atoms with van der Waals surface area (Å²) in [7, 11) is 0. The van der Waals surface area contributed by atoms with E-state index in [-0.39, 0.29) is 0 Å². The van der Waals surface area contributed by atoms with Crippen molar-refractivity contribution in [1.82, 2.24) is 0 Å². The van der Waals surface area contributed by atoms with E-state index in [0.29, 0.717) is 6.92 Å². The average Bonchev–Trinajstić information content (AvgIpc) is 1.80. The molecular formula is C6H10F2O3. The standard InChI is InChI=1S/C6H10F2O3/c1-4(9)5(10)11-3-6(2,7)8/h4,9H,3H2,1-2H3. The predicted molar refractivity (Wildman–Crippen MR) is 33.3 cm³/mol. The lowest BCUT2D eigenvalue weighted by Gasteiger charge is -2.11. The highest BCUT2D eigenvalue weighted by molar-refractivity contribution is 5.73. The molecule has 0 spiro atoms. The molecule has 0 aliphatic carbocycles. The molecule has 0 aliphatic heterocycles. The Bertz CT molecular complexity index is 139. The molecule has 0 rings (SSSR count). The molecule has 0 saturated carbocycles. The normalized spacial score (nSPS) is 14.3. The van der Waals surface area contributed by atoms with Crippen LogP contribution in [0.2, 0.25) is 0 Å². The molecule has 0 fully saturated rings. The second-order valence-electron chi connectivity index (χ2n) is 2.35. The van der Waals surface area contributed by atoms with E-state index in [0.717, 1.165) is 6.92 Å². The molecule has 3 nitrogen and oxygen atoms in total. The van der Waals surface area contributed by atoms with E-state index in [2.05, 4.69) is 4.74 Å². The number of halogens is 2. The molecule has 5 heteroatoms. The van der Waals surface area contributed by atoms with E-state index in [1.54, 1.807) is 0 Å². The van der Waals surface area contributed by atoms with Gasteiger partial charge in [-0.2, -0.15) is 0 Å². The van der Waals surface area contributed by atoms with Crippen molar-refractivity contribution in [3.8, 4) is 0 Å². The fourth-order valence-corrected chi connectivity index (χ4v) is 0.318. The van der Waals surface area contributed by atoms with Gasteiger partial charge in [-0.05, 0) is 6.92 Å². The third-order valence-corrected chi connectivity index (χ3v) is 0.809. The molecule has 0 aromatic rings. The van der Waals surface area contributed by atoms with Gasteiger partial charge in [-0.3, -0.25) is 0 Å². The van der Waals surface area contributed by atoms with E-state index in [4.69, 9.17) is 5.11 Å². The Morgan fingerprint density at radius 2 is 2.18 bits per heavy atom. The van der Waals surface area contributed by atoms with Gasteiger partial charge in [0.2, 0.25) is 0 Å². The average molecular weight is 168 g/mol. The largest absolute Gasteiger partial charge is 0.457 e. The highest BCUT2D eigenvalue weighted by Gasteiger charge is 2.24. The number of aliphatic hydroxyl groups excluding tert-OH is 1. The number of alkyl halides is 2.